The summed E-state index contributed by atoms with van der Waals surface area (Å²) < 4.78 is 11.3. The maximum Gasteiger partial charge on any atom is 0.332 e. The number of carbonyl (C=O) groups excluding carboxylic acids is 1. The minimum Gasteiger partial charge on any atom is -0.458 e. The highest BCUT2D eigenvalue weighted by Gasteiger charge is 2.32. The highest BCUT2D eigenvalue weighted by molar-refractivity contribution is 5.71. The van der Waals surface area contributed by atoms with Gasteiger partial charge in [-0.25, -0.2) is 4.79 Å². The third-order valence-corrected chi connectivity index (χ3v) is 5.33. The second kappa shape index (κ2) is 8.30. The van der Waals surface area contributed by atoms with E-state index in [2.05, 4.69) is 20.8 Å². The van der Waals surface area contributed by atoms with E-state index >= 15 is 0 Å². The van der Waals surface area contributed by atoms with Crippen molar-refractivity contribution < 1.29 is 19.4 Å². The normalized spacial score (nSPS) is 36.3. The van der Waals surface area contributed by atoms with Gasteiger partial charge in [-0.3, -0.25) is 0 Å². The molecule has 4 nitrogen and oxygen atoms in total. The Kier molecular flexibility index (Phi) is 6.69. The van der Waals surface area contributed by atoms with E-state index in [0.29, 0.717) is 17.8 Å². The van der Waals surface area contributed by atoms with Gasteiger partial charge in [-0.2, -0.15) is 0 Å². The second-order valence-corrected chi connectivity index (χ2v) is 7.56. The van der Waals surface area contributed by atoms with Crippen molar-refractivity contribution in [2.24, 2.45) is 17.8 Å². The van der Waals surface area contributed by atoms with Gasteiger partial charge in [0.25, 0.3) is 0 Å². The lowest BCUT2D eigenvalue weighted by atomic mass is 9.75. The van der Waals surface area contributed by atoms with Crippen LogP contribution >= 0.6 is 0 Å². The molecule has 2 saturated carbocycles. The summed E-state index contributed by atoms with van der Waals surface area (Å²) in [7, 11) is 0. The van der Waals surface area contributed by atoms with E-state index < -0.39 is 6.10 Å². The fourth-order valence-electron chi connectivity index (χ4n) is 3.90. The molecule has 0 saturated heterocycles. The molecule has 22 heavy (non-hydrogen) atoms. The van der Waals surface area contributed by atoms with Crippen LogP contribution < -0.4 is 0 Å². The number of aliphatic hydroxyl groups is 1. The Hall–Kier alpha value is -0.610. The molecule has 1 N–H and O–H groups in total. The molecule has 0 bridgehead atoms. The van der Waals surface area contributed by atoms with Gasteiger partial charge in [0, 0.05) is 0 Å². The minimum atomic E-state index is -0.504. The first kappa shape index (κ1) is 17.7. The van der Waals surface area contributed by atoms with Crippen molar-refractivity contribution in [3.8, 4) is 0 Å². The molecule has 2 aliphatic carbocycles. The van der Waals surface area contributed by atoms with E-state index in [4.69, 9.17) is 9.47 Å². The number of hydrogen-bond acceptors (Lipinski definition) is 4. The van der Waals surface area contributed by atoms with E-state index in [9.17, 15) is 9.90 Å². The molecule has 5 atom stereocenters. The molecule has 0 aliphatic heterocycles. The maximum absolute atomic E-state index is 12.0. The topological polar surface area (TPSA) is 55.8 Å². The van der Waals surface area contributed by atoms with Gasteiger partial charge in [0.15, 0.2) is 0 Å². The average molecular weight is 312 g/mol. The number of aliphatic hydroxyl groups excluding tert-OH is 1. The smallest absolute Gasteiger partial charge is 0.332 e. The molecule has 2 rings (SSSR count). The van der Waals surface area contributed by atoms with Gasteiger partial charge in [-0.15, -0.1) is 0 Å². The quantitative estimate of drug-likeness (QED) is 0.791. The van der Waals surface area contributed by atoms with Crippen molar-refractivity contribution in [1.82, 2.24) is 0 Å². The molecule has 0 heterocycles. The fourth-order valence-corrected chi connectivity index (χ4v) is 3.90. The van der Waals surface area contributed by atoms with E-state index in [0.717, 1.165) is 32.1 Å². The predicted molar refractivity (Wildman–Crippen MR) is 85.4 cm³/mol. The molecule has 2 fully saturated rings. The third-order valence-electron chi connectivity index (χ3n) is 5.33. The summed E-state index contributed by atoms with van der Waals surface area (Å²) in [4.78, 5) is 12.0. The van der Waals surface area contributed by atoms with Crippen molar-refractivity contribution in [3.05, 3.63) is 0 Å². The predicted octanol–water partition coefficient (Wildman–Crippen LogP) is 3.31. The standard InChI is InChI=1S/C18H32O4/c1-12(2)14-9-8-13(3)10-17(14)21-11-18(20)22-16-7-5-4-6-15(16)19/h12-17,19H,4-11H2,1-3H3/t13-,14+,15-,16+,17+/m0/s1. The highest BCUT2D eigenvalue weighted by Crippen LogP contribution is 2.35. The number of rotatable bonds is 5. The first-order valence-electron chi connectivity index (χ1n) is 8.96. The average Bonchev–Trinajstić information content (AvgIpc) is 2.47. The zero-order chi connectivity index (χ0) is 16.1. The number of hydrogen-bond donors (Lipinski definition) is 1. The van der Waals surface area contributed by atoms with Crippen LogP contribution in [0.25, 0.3) is 0 Å². The van der Waals surface area contributed by atoms with Crippen LogP contribution in [0, 0.1) is 17.8 Å². The monoisotopic (exact) mass is 312 g/mol. The zero-order valence-corrected chi connectivity index (χ0v) is 14.3. The van der Waals surface area contributed by atoms with E-state index in [1.54, 1.807) is 0 Å². The summed E-state index contributed by atoms with van der Waals surface area (Å²) in [5.41, 5.74) is 0. The Morgan fingerprint density at radius 3 is 2.55 bits per heavy atom. The van der Waals surface area contributed by atoms with Gasteiger partial charge < -0.3 is 14.6 Å². The number of carbonyl (C=O) groups is 1. The molecular weight excluding hydrogens is 280 g/mol. The van der Waals surface area contributed by atoms with Gasteiger partial charge >= 0.3 is 5.97 Å². The summed E-state index contributed by atoms with van der Waals surface area (Å²) in [5.74, 6) is 1.45. The summed E-state index contributed by atoms with van der Waals surface area (Å²) in [5, 5.41) is 9.87. The molecule has 128 valence electrons. The lowest BCUT2D eigenvalue weighted by molar-refractivity contribution is -0.167. The third kappa shape index (κ3) is 4.95. The van der Waals surface area contributed by atoms with Crippen LogP contribution in [0.1, 0.15) is 65.7 Å². The van der Waals surface area contributed by atoms with Crippen molar-refractivity contribution in [3.63, 3.8) is 0 Å². The molecule has 0 aromatic rings. The summed E-state index contributed by atoms with van der Waals surface area (Å²) in [6.45, 7) is 6.73. The van der Waals surface area contributed by atoms with E-state index in [-0.39, 0.29) is 24.8 Å². The highest BCUT2D eigenvalue weighted by atomic mass is 16.6. The van der Waals surface area contributed by atoms with Gasteiger partial charge in [0.1, 0.15) is 12.7 Å². The Labute approximate surface area is 134 Å². The molecule has 0 radical (unpaired) electrons. The van der Waals surface area contributed by atoms with Gasteiger partial charge in [0.2, 0.25) is 0 Å². The van der Waals surface area contributed by atoms with Crippen molar-refractivity contribution >= 4 is 5.97 Å². The van der Waals surface area contributed by atoms with Crippen molar-refractivity contribution in [2.45, 2.75) is 84.0 Å². The minimum absolute atomic E-state index is 0.0177. The Balaban J connectivity index is 1.78. The van der Waals surface area contributed by atoms with E-state index in [1.165, 1.54) is 12.8 Å². The van der Waals surface area contributed by atoms with Crippen LogP contribution in [0.2, 0.25) is 0 Å². The van der Waals surface area contributed by atoms with Gasteiger partial charge in [0.05, 0.1) is 12.2 Å². The first-order valence-corrected chi connectivity index (χ1v) is 8.96. The zero-order valence-electron chi connectivity index (χ0n) is 14.3. The number of ether oxygens (including phenoxy) is 2. The van der Waals surface area contributed by atoms with Gasteiger partial charge in [-0.05, 0) is 49.9 Å². The summed E-state index contributed by atoms with van der Waals surface area (Å²) in [6.07, 6.45) is 6.31. The van der Waals surface area contributed by atoms with Crippen LogP contribution in [-0.2, 0) is 14.3 Å². The summed E-state index contributed by atoms with van der Waals surface area (Å²) in [6, 6.07) is 0. The van der Waals surface area contributed by atoms with Crippen LogP contribution in [-0.4, -0.2) is 36.0 Å². The molecule has 0 aromatic carbocycles. The Morgan fingerprint density at radius 2 is 1.86 bits per heavy atom. The van der Waals surface area contributed by atoms with Crippen molar-refractivity contribution in [2.75, 3.05) is 6.61 Å². The van der Waals surface area contributed by atoms with Crippen LogP contribution in [0.3, 0.4) is 0 Å². The molecule has 0 spiro atoms. The Bertz CT molecular complexity index is 355. The molecular formula is C18H32O4. The van der Waals surface area contributed by atoms with Crippen LogP contribution in [0.5, 0.6) is 0 Å². The fraction of sp³-hybridized carbons (Fsp3) is 0.944. The first-order chi connectivity index (χ1) is 10.5. The van der Waals surface area contributed by atoms with Crippen molar-refractivity contribution in [1.29, 1.82) is 0 Å². The van der Waals surface area contributed by atoms with Gasteiger partial charge in [-0.1, -0.05) is 33.6 Å². The lowest BCUT2D eigenvalue weighted by Crippen LogP contribution is -2.38. The largest absolute Gasteiger partial charge is 0.458 e. The maximum atomic E-state index is 12.0. The second-order valence-electron chi connectivity index (χ2n) is 7.56. The molecule has 4 heteroatoms. The lowest BCUT2D eigenvalue weighted by Gasteiger charge is -2.37. The van der Waals surface area contributed by atoms with Crippen LogP contribution in [0.15, 0.2) is 0 Å². The SMILES string of the molecule is CC(C)[C@H]1CC[C@H](C)C[C@H]1OCC(=O)O[C@@H]1CCCC[C@@H]1O. The van der Waals surface area contributed by atoms with E-state index in [1.807, 2.05) is 0 Å². The number of esters is 1. The molecule has 0 amide bonds. The molecule has 0 aromatic heterocycles. The summed E-state index contributed by atoms with van der Waals surface area (Å²) >= 11 is 0. The van der Waals surface area contributed by atoms with Crippen LogP contribution in [0.4, 0.5) is 0 Å². The Morgan fingerprint density at radius 1 is 1.14 bits per heavy atom. The molecule has 0 unspecified atom stereocenters. The molecule has 2 aliphatic rings.